The van der Waals surface area contributed by atoms with Gasteiger partial charge >= 0.3 is 18.2 Å². The van der Waals surface area contributed by atoms with Crippen molar-refractivity contribution in [1.82, 2.24) is 35.5 Å². The Morgan fingerprint density at radius 3 is 1.37 bits per heavy atom. The van der Waals surface area contributed by atoms with Crippen LogP contribution in [0.25, 0.3) is 0 Å². The molecule has 4 aromatic rings. The fourth-order valence-corrected chi connectivity index (χ4v) is 7.23. The Balaban J connectivity index is 0.000000375. The lowest BCUT2D eigenvalue weighted by Gasteiger charge is -2.33. The van der Waals surface area contributed by atoms with E-state index in [1.165, 1.54) is 24.5 Å². The van der Waals surface area contributed by atoms with Crippen LogP contribution in [0.4, 0.5) is 21.0 Å². The first-order valence-electron chi connectivity index (χ1n) is 20.3. The van der Waals surface area contributed by atoms with Crippen molar-refractivity contribution in [3.8, 4) is 0 Å². The summed E-state index contributed by atoms with van der Waals surface area (Å²) in [6.07, 6.45) is 4.85. The SMILES string of the molecule is C.C.CC(C)(C)OC(=O)N1CCC(N)CC1.CC(C)(C)OC(=O)N1CCC(NC(=O)c2[nH]ncc2NC(=O)c2c(Cl)cccc2Cl)CC1.O=C(O)c1[nH]ncc1NC(=O)c1c(Cl)cccc1Cl. The number of benzene rings is 2. The molecule has 0 radical (unpaired) electrons. The normalized spacial score (nSPS) is 14.0. The number of carbonyl (C=O) groups is 6. The predicted octanol–water partition coefficient (Wildman–Crippen LogP) is 9.38. The van der Waals surface area contributed by atoms with Gasteiger partial charge in [0.25, 0.3) is 17.7 Å². The van der Waals surface area contributed by atoms with Gasteiger partial charge in [-0.1, -0.05) is 73.4 Å². The number of nitrogens with zero attached hydrogens (tertiary/aromatic N) is 4. The number of piperidine rings is 2. The molecule has 2 fully saturated rings. The number of aromatic carboxylic acids is 1. The fourth-order valence-electron chi connectivity index (χ4n) is 6.10. The summed E-state index contributed by atoms with van der Waals surface area (Å²) >= 11 is 23.9. The van der Waals surface area contributed by atoms with E-state index in [0.29, 0.717) is 25.9 Å². The fraction of sp³-hybridized carbons (Fsp3) is 0.455. The zero-order chi connectivity index (χ0) is 48.2. The van der Waals surface area contributed by atoms with Crippen molar-refractivity contribution < 1.29 is 43.3 Å². The molecule has 0 bridgehead atoms. The van der Waals surface area contributed by atoms with Gasteiger partial charge in [0.1, 0.15) is 16.9 Å². The molecule has 0 unspecified atom stereocenters. The first-order valence-corrected chi connectivity index (χ1v) is 21.8. The van der Waals surface area contributed by atoms with Gasteiger partial charge in [-0.25, -0.2) is 14.4 Å². The molecule has 2 aliphatic rings. The van der Waals surface area contributed by atoms with Crippen LogP contribution < -0.4 is 21.7 Å². The second-order valence-corrected chi connectivity index (χ2v) is 18.4. The Morgan fingerprint density at radius 1 is 0.642 bits per heavy atom. The highest BCUT2D eigenvalue weighted by atomic mass is 35.5. The molecule has 6 rings (SSSR count). The Labute approximate surface area is 410 Å². The number of carboxylic acid groups (broad SMARTS) is 1. The van der Waals surface area contributed by atoms with Gasteiger partial charge < -0.3 is 46.1 Å². The van der Waals surface area contributed by atoms with E-state index in [2.05, 4.69) is 36.3 Å². The molecule has 2 saturated heterocycles. The molecule has 2 aromatic heterocycles. The molecule has 0 aliphatic carbocycles. The van der Waals surface area contributed by atoms with Gasteiger partial charge in [-0.15, -0.1) is 0 Å². The first kappa shape index (κ1) is 57.5. The number of amides is 5. The van der Waals surface area contributed by atoms with Crippen molar-refractivity contribution in [2.24, 2.45) is 5.73 Å². The number of carbonyl (C=O) groups excluding carboxylic acids is 5. The smallest absolute Gasteiger partial charge is 0.410 e. The molecule has 2 aromatic carbocycles. The molecule has 0 saturated carbocycles. The highest BCUT2D eigenvalue weighted by molar-refractivity contribution is 6.41. The molecular weight excluding hydrogens is 954 g/mol. The van der Waals surface area contributed by atoms with Crippen LogP contribution in [0.2, 0.25) is 20.1 Å². The van der Waals surface area contributed by atoms with Crippen molar-refractivity contribution in [2.75, 3.05) is 36.8 Å². The van der Waals surface area contributed by atoms with Crippen LogP contribution in [0, 0.1) is 0 Å². The second kappa shape index (κ2) is 25.5. The summed E-state index contributed by atoms with van der Waals surface area (Å²) in [7, 11) is 0. The number of hydrogen-bond donors (Lipinski definition) is 7. The number of ether oxygens (including phenoxy) is 2. The topological polar surface area (TPSA) is 267 Å². The largest absolute Gasteiger partial charge is 0.476 e. The summed E-state index contributed by atoms with van der Waals surface area (Å²) in [5.74, 6) is -2.82. The van der Waals surface area contributed by atoms with Gasteiger partial charge in [0.05, 0.1) is 55.0 Å². The zero-order valence-corrected chi connectivity index (χ0v) is 39.5. The van der Waals surface area contributed by atoms with Crippen LogP contribution in [0.3, 0.4) is 0 Å². The summed E-state index contributed by atoms with van der Waals surface area (Å²) in [4.78, 5) is 75.4. The third kappa shape index (κ3) is 17.5. The number of aromatic amines is 2. The van der Waals surface area contributed by atoms with Gasteiger partial charge in [0, 0.05) is 38.3 Å². The number of rotatable bonds is 7. The molecule has 67 heavy (non-hydrogen) atoms. The molecule has 23 heteroatoms. The standard InChI is InChI=1S/C21H25Cl2N5O4.C11H7Cl2N3O3.C10H20N2O2.2CH4/c1-21(2,3)32-20(31)28-9-7-12(8-10-28)25-19(30)17-15(11-24-27-17)26-18(29)16-13(22)5-4-6-14(16)23;12-5-2-1-3-6(13)8(5)10(17)15-7-4-14-16-9(7)11(18)19;1-10(2,3)14-9(13)12-6-4-8(11)5-7-12;;/h4-6,11-12H,7-10H2,1-3H3,(H,24,27)(H,25,30)(H,26,29);1-4H,(H,14,16)(H,15,17)(H,18,19);8H,4-7,11H2,1-3H3;2*1H4. The molecule has 19 nitrogen and oxygen atoms in total. The van der Waals surface area contributed by atoms with E-state index in [-0.39, 0.29) is 93.1 Å². The third-order valence-electron chi connectivity index (χ3n) is 9.27. The molecular formula is C44H60Cl4N10O9. The van der Waals surface area contributed by atoms with Crippen molar-refractivity contribution in [3.05, 3.63) is 91.4 Å². The van der Waals surface area contributed by atoms with E-state index < -0.39 is 34.9 Å². The Morgan fingerprint density at radius 2 is 1.00 bits per heavy atom. The van der Waals surface area contributed by atoms with Gasteiger partial charge in [0.15, 0.2) is 5.69 Å². The average Bonchev–Trinajstić information content (AvgIpc) is 3.87. The van der Waals surface area contributed by atoms with E-state index >= 15 is 0 Å². The molecule has 8 N–H and O–H groups in total. The van der Waals surface area contributed by atoms with E-state index in [1.54, 1.807) is 34.1 Å². The van der Waals surface area contributed by atoms with Crippen LogP contribution in [0.1, 0.15) is 124 Å². The number of H-pyrrole nitrogens is 2. The van der Waals surface area contributed by atoms with Crippen LogP contribution in [-0.2, 0) is 9.47 Å². The van der Waals surface area contributed by atoms with Crippen molar-refractivity contribution in [3.63, 3.8) is 0 Å². The highest BCUT2D eigenvalue weighted by Crippen LogP contribution is 2.27. The van der Waals surface area contributed by atoms with Crippen molar-refractivity contribution in [2.45, 2.75) is 105 Å². The second-order valence-electron chi connectivity index (χ2n) is 16.7. The van der Waals surface area contributed by atoms with E-state index in [4.69, 9.17) is 66.7 Å². The molecule has 5 amide bonds. The lowest BCUT2D eigenvalue weighted by atomic mass is 10.1. The Hall–Kier alpha value is -5.60. The minimum atomic E-state index is -1.24. The van der Waals surface area contributed by atoms with Crippen LogP contribution in [0.15, 0.2) is 48.8 Å². The van der Waals surface area contributed by atoms with Gasteiger partial charge in [0.2, 0.25) is 0 Å². The minimum absolute atomic E-state index is 0. The van der Waals surface area contributed by atoms with E-state index in [1.807, 2.05) is 41.5 Å². The number of anilines is 2. The Bertz CT molecular complexity index is 2290. The molecule has 4 heterocycles. The van der Waals surface area contributed by atoms with E-state index in [0.717, 1.165) is 25.9 Å². The third-order valence-corrected chi connectivity index (χ3v) is 10.5. The zero-order valence-electron chi connectivity index (χ0n) is 36.5. The quantitative estimate of drug-likeness (QED) is 0.0913. The molecule has 2 aliphatic heterocycles. The summed E-state index contributed by atoms with van der Waals surface area (Å²) in [5, 5.41) is 29.8. The van der Waals surface area contributed by atoms with Crippen LogP contribution in [-0.4, -0.2) is 121 Å². The van der Waals surface area contributed by atoms with Gasteiger partial charge in [-0.3, -0.25) is 24.6 Å². The highest BCUT2D eigenvalue weighted by Gasteiger charge is 2.29. The molecule has 0 atom stereocenters. The lowest BCUT2D eigenvalue weighted by molar-refractivity contribution is 0.0191. The number of likely N-dealkylation sites (tertiary alicyclic amines) is 2. The van der Waals surface area contributed by atoms with E-state index in [9.17, 15) is 28.8 Å². The Kier molecular flexibility index (Phi) is 21.9. The first-order chi connectivity index (χ1) is 30.4. The number of aromatic nitrogens is 4. The van der Waals surface area contributed by atoms with Gasteiger partial charge in [-0.05, 0) is 91.5 Å². The van der Waals surface area contributed by atoms with Crippen molar-refractivity contribution in [1.29, 1.82) is 0 Å². The maximum absolute atomic E-state index is 12.8. The molecule has 368 valence electrons. The monoisotopic (exact) mass is 1010 g/mol. The number of nitrogens with one attached hydrogen (secondary N) is 5. The van der Waals surface area contributed by atoms with Crippen LogP contribution in [0.5, 0.6) is 0 Å². The van der Waals surface area contributed by atoms with Crippen molar-refractivity contribution >= 4 is 93.7 Å². The number of halogens is 4. The number of hydrogen-bond acceptors (Lipinski definition) is 11. The number of nitrogens with two attached hydrogens (primary N) is 1. The maximum atomic E-state index is 12.8. The average molecular weight is 1010 g/mol. The summed E-state index contributed by atoms with van der Waals surface area (Å²) < 4.78 is 10.6. The molecule has 0 spiro atoms. The minimum Gasteiger partial charge on any atom is -0.476 e. The maximum Gasteiger partial charge on any atom is 0.410 e. The predicted molar refractivity (Wildman–Crippen MR) is 260 cm³/mol. The number of carboxylic acids is 1. The van der Waals surface area contributed by atoms with Crippen LogP contribution >= 0.6 is 46.4 Å². The summed E-state index contributed by atoms with van der Waals surface area (Å²) in [5.41, 5.74) is 5.08. The lowest BCUT2D eigenvalue weighted by Crippen LogP contribution is -2.47. The van der Waals surface area contributed by atoms with Gasteiger partial charge in [-0.2, -0.15) is 10.2 Å². The summed E-state index contributed by atoms with van der Waals surface area (Å²) in [6.45, 7) is 13.5. The summed E-state index contributed by atoms with van der Waals surface area (Å²) in [6, 6.07) is 9.46.